The molecule has 0 amide bonds. The average molecular weight is 1450 g/mol. The fourth-order valence-electron chi connectivity index (χ4n) is 23.2. The van der Waals surface area contributed by atoms with Gasteiger partial charge in [0, 0.05) is 106 Å². The first kappa shape index (κ1) is 60.0. The van der Waals surface area contributed by atoms with E-state index in [0.29, 0.717) is 0 Å². The third kappa shape index (κ3) is 7.26. The van der Waals surface area contributed by atoms with Gasteiger partial charge < -0.3 is 41.9 Å². The highest BCUT2D eigenvalue weighted by atomic mass is 16.3. The lowest BCUT2D eigenvalue weighted by atomic mass is 9.35. The summed E-state index contributed by atoms with van der Waals surface area (Å²) in [5.74, 6) is 0. The summed E-state index contributed by atoms with van der Waals surface area (Å²) in [6, 6.07) is 124. The van der Waals surface area contributed by atoms with Crippen molar-refractivity contribution in [3.63, 3.8) is 0 Å². The third-order valence-electron chi connectivity index (χ3n) is 27.3. The topological polar surface area (TPSA) is 45.8 Å². The Morgan fingerprint density at radius 1 is 0.217 bits per heavy atom. The van der Waals surface area contributed by atoms with Crippen LogP contribution in [0.25, 0.3) is 132 Å². The molecule has 8 aliphatic rings. The summed E-state index contributed by atoms with van der Waals surface area (Å²) in [6.07, 6.45) is 9.56. The van der Waals surface area contributed by atoms with E-state index in [4.69, 9.17) is 4.42 Å². The second kappa shape index (κ2) is 21.2. The molecule has 0 atom stereocenters. The Hall–Kier alpha value is -14.8. The first-order valence-corrected chi connectivity index (χ1v) is 40.2. The number of nitrogens with zero attached hydrogens (tertiary/aromatic N) is 8. The second-order valence-electron chi connectivity index (χ2n) is 32.4. The highest BCUT2D eigenvalue weighted by Crippen LogP contribution is 2.56. The molecule has 5 aromatic heterocycles. The summed E-state index contributed by atoms with van der Waals surface area (Å²) in [7, 11) is 0. The van der Waals surface area contributed by atoms with Crippen LogP contribution < -0.4 is 63.3 Å². The first-order chi connectivity index (χ1) is 57.1. The SMILES string of the molecule is c1ccc(N2c3cccc4c3B(c3c5c(c6cc(-c7cc8c9c(ccn9B9c%10c-8cccc%10N(c8ccccc8)c8c9c9c(c%10c8oc8ccccc8%10)N(c8ccccc8)c8cccc%10c8B9n8ccc9cccc-%10c98)c7)ccc6c32)N(c2ccccc2)c2cccc3c2B5n2ccc5cccc-3c52)n2ccc3cccc-4c32)cc1. The summed E-state index contributed by atoms with van der Waals surface area (Å²) in [5.41, 5.74) is 43.0. The van der Waals surface area contributed by atoms with Crippen molar-refractivity contribution >= 4 is 216 Å². The molecule has 16 aromatic carbocycles. The molecular weight excluding hydrogens is 1400 g/mol. The smallest absolute Gasteiger partial charge is 0.332 e. The number of aromatic nitrogens is 4. The molecule has 9 nitrogen and oxygen atoms in total. The fraction of sp³-hybridized carbons (Fsp3) is 0. The quantitative estimate of drug-likeness (QED) is 0.161. The van der Waals surface area contributed by atoms with Gasteiger partial charge in [0.2, 0.25) is 0 Å². The zero-order valence-electron chi connectivity index (χ0n) is 61.8. The van der Waals surface area contributed by atoms with Crippen molar-refractivity contribution in [3.8, 4) is 55.6 Å². The minimum atomic E-state index is -0.300. The number of benzene rings is 16. The standard InChI is InChI=1S/C102H58B4N8O/c1-5-25-65(26-6-1)111-80-41-18-34-69-73-38-15-22-59-48-52-107(94(59)73)103(86(69)80)90-91-99(112(66-27-7-2-8-28-66)81-42-19-35-70-74-39-16-23-60-49-53-108(95(60)74)104(91)87(70)81)79-57-62(46-47-76(79)98(90)111)64-56-63-51-55-110-97(63)78(58-64)72-37-21-44-83-89(72)106(110)93-92-100(85-77-33-13-14-45-84(77)115-102(85)101(93)114(83)68-31-11-4-12-32-68)113(67-29-9-3-10-30-67)82-43-20-36-71-75-40-17-24-61-50-54-109(96(61)75)105(92)88(71)82/h1-58H. The van der Waals surface area contributed by atoms with E-state index in [1.165, 1.54) is 171 Å². The van der Waals surface area contributed by atoms with Gasteiger partial charge in [-0.2, -0.15) is 0 Å². The largest absolute Gasteiger partial charge is 0.454 e. The van der Waals surface area contributed by atoms with Crippen LogP contribution in [0.4, 0.5) is 68.2 Å². The van der Waals surface area contributed by atoms with Gasteiger partial charge >= 0.3 is 27.4 Å². The lowest BCUT2D eigenvalue weighted by Crippen LogP contribution is -2.68. The highest BCUT2D eigenvalue weighted by molar-refractivity contribution is 7.01. The van der Waals surface area contributed by atoms with Crippen LogP contribution in [-0.4, -0.2) is 45.3 Å². The molecule has 0 saturated heterocycles. The maximum absolute atomic E-state index is 7.67. The zero-order chi connectivity index (χ0) is 74.1. The highest BCUT2D eigenvalue weighted by Gasteiger charge is 2.55. The molecule has 0 bridgehead atoms. The molecule has 524 valence electrons. The van der Waals surface area contributed by atoms with E-state index in [9.17, 15) is 0 Å². The van der Waals surface area contributed by atoms with Gasteiger partial charge in [-0.25, -0.2) is 0 Å². The Balaban J connectivity index is 0.732. The summed E-state index contributed by atoms with van der Waals surface area (Å²) in [6.45, 7) is -0.936. The average Bonchev–Trinajstić information content (AvgIpc) is 1.64. The Kier molecular flexibility index (Phi) is 11.1. The number of fused-ring (bicyclic) bond motifs is 26. The van der Waals surface area contributed by atoms with Crippen LogP contribution >= 0.6 is 0 Å². The second-order valence-corrected chi connectivity index (χ2v) is 32.4. The number of hydrogen-bond donors (Lipinski definition) is 0. The monoisotopic (exact) mass is 1450 g/mol. The Morgan fingerprint density at radius 3 is 1.03 bits per heavy atom. The van der Waals surface area contributed by atoms with Crippen LogP contribution in [-0.2, 0) is 0 Å². The van der Waals surface area contributed by atoms with Gasteiger partial charge in [0.25, 0.3) is 0 Å². The molecule has 21 aromatic rings. The zero-order valence-corrected chi connectivity index (χ0v) is 61.8. The molecule has 13 heteroatoms. The van der Waals surface area contributed by atoms with Crippen molar-refractivity contribution in [1.82, 2.24) is 17.9 Å². The van der Waals surface area contributed by atoms with Gasteiger partial charge in [0.05, 0.1) is 28.1 Å². The molecule has 8 aliphatic heterocycles. The van der Waals surface area contributed by atoms with Crippen LogP contribution in [0.5, 0.6) is 0 Å². The van der Waals surface area contributed by atoms with Crippen LogP contribution in [0, 0.1) is 0 Å². The minimum absolute atomic E-state index is 0.193. The number of para-hydroxylation sites is 8. The van der Waals surface area contributed by atoms with Crippen LogP contribution in [0.2, 0.25) is 0 Å². The number of rotatable bonds is 5. The number of hydrogen-bond acceptors (Lipinski definition) is 5. The normalized spacial score (nSPS) is 14.1. The van der Waals surface area contributed by atoms with E-state index in [2.05, 4.69) is 390 Å². The Morgan fingerprint density at radius 2 is 0.574 bits per heavy atom. The van der Waals surface area contributed by atoms with E-state index in [1.54, 1.807) is 0 Å². The predicted molar refractivity (Wildman–Crippen MR) is 481 cm³/mol. The van der Waals surface area contributed by atoms with Gasteiger partial charge in [0.15, 0.2) is 5.58 Å². The molecule has 0 unspecified atom stereocenters. The van der Waals surface area contributed by atoms with E-state index in [1.807, 2.05) is 0 Å². The third-order valence-corrected chi connectivity index (χ3v) is 27.3. The van der Waals surface area contributed by atoms with Crippen molar-refractivity contribution < 1.29 is 4.42 Å². The lowest BCUT2D eigenvalue weighted by molar-refractivity contribution is 0.669. The molecule has 0 N–H and O–H groups in total. The van der Waals surface area contributed by atoms with Crippen molar-refractivity contribution in [2.24, 2.45) is 0 Å². The van der Waals surface area contributed by atoms with Crippen molar-refractivity contribution in [1.29, 1.82) is 0 Å². The maximum atomic E-state index is 7.67. The van der Waals surface area contributed by atoms with Gasteiger partial charge in [-0.1, -0.05) is 206 Å². The Bertz CT molecular complexity index is 8060. The molecule has 0 radical (unpaired) electrons. The van der Waals surface area contributed by atoms with Crippen molar-refractivity contribution in [3.05, 3.63) is 352 Å². The molecule has 115 heavy (non-hydrogen) atoms. The van der Waals surface area contributed by atoms with E-state index in [0.717, 1.165) is 72.9 Å². The molecule has 29 rings (SSSR count). The van der Waals surface area contributed by atoms with E-state index < -0.39 is 0 Å². The van der Waals surface area contributed by atoms with E-state index in [-0.39, 0.29) is 27.4 Å². The number of anilines is 12. The van der Waals surface area contributed by atoms with Gasteiger partial charge in [0.1, 0.15) is 5.58 Å². The minimum Gasteiger partial charge on any atom is -0.454 e. The van der Waals surface area contributed by atoms with Crippen LogP contribution in [0.3, 0.4) is 0 Å². The predicted octanol–water partition coefficient (Wildman–Crippen LogP) is 19.9. The van der Waals surface area contributed by atoms with Gasteiger partial charge in [-0.15, -0.1) is 0 Å². The summed E-state index contributed by atoms with van der Waals surface area (Å²) in [5, 5.41) is 9.46. The maximum Gasteiger partial charge on any atom is 0.332 e. The molecule has 0 fully saturated rings. The first-order valence-electron chi connectivity index (χ1n) is 40.2. The summed E-state index contributed by atoms with van der Waals surface area (Å²) in [4.78, 5) is 10.5. The molecule has 13 heterocycles. The van der Waals surface area contributed by atoms with Gasteiger partial charge in [-0.3, -0.25) is 0 Å². The lowest BCUT2D eigenvalue weighted by Gasteiger charge is -2.47. The molecule has 0 aliphatic carbocycles. The number of furan rings is 1. The molecular formula is C102H58B4N8O. The van der Waals surface area contributed by atoms with Crippen LogP contribution in [0.1, 0.15) is 0 Å². The fourth-order valence-corrected chi connectivity index (χ4v) is 23.2. The van der Waals surface area contributed by atoms with Crippen molar-refractivity contribution in [2.75, 3.05) is 19.6 Å². The summed E-state index contributed by atoms with van der Waals surface area (Å²) < 4.78 is 18.2. The molecule has 0 saturated carbocycles. The summed E-state index contributed by atoms with van der Waals surface area (Å²) >= 11 is 0. The van der Waals surface area contributed by atoms with E-state index >= 15 is 0 Å². The molecule has 0 spiro atoms. The van der Waals surface area contributed by atoms with Gasteiger partial charge in [-0.05, 0) is 245 Å². The van der Waals surface area contributed by atoms with Crippen molar-refractivity contribution in [2.45, 2.75) is 0 Å². The van der Waals surface area contributed by atoms with Crippen LogP contribution in [0.15, 0.2) is 357 Å². The Labute approximate surface area is 661 Å².